The third kappa shape index (κ3) is 6.41. The minimum absolute atomic E-state index is 0.173. The number of nitrogens with zero attached hydrogens (tertiary/aromatic N) is 1. The Balaban J connectivity index is 1.90. The number of aryl methyl sites for hydroxylation is 1. The van der Waals surface area contributed by atoms with E-state index < -0.39 is 11.9 Å². The van der Waals surface area contributed by atoms with E-state index in [1.165, 1.54) is 20.2 Å². The Bertz CT molecular complexity index is 867. The van der Waals surface area contributed by atoms with Crippen LogP contribution in [0.3, 0.4) is 0 Å². The van der Waals surface area contributed by atoms with Crippen LogP contribution in [0.25, 0.3) is 0 Å². The van der Waals surface area contributed by atoms with Gasteiger partial charge in [0.1, 0.15) is 5.75 Å². The van der Waals surface area contributed by atoms with E-state index in [0.29, 0.717) is 22.8 Å². The number of hydrogen-bond donors (Lipinski definition) is 1. The number of nitrogens with one attached hydrogen (secondary N) is 1. The van der Waals surface area contributed by atoms with E-state index >= 15 is 0 Å². The number of hydrazone groups is 1. The van der Waals surface area contributed by atoms with Gasteiger partial charge in [-0.3, -0.25) is 9.59 Å². The predicted octanol–water partition coefficient (Wildman–Crippen LogP) is 3.22. The molecule has 2 aromatic rings. The number of benzene rings is 2. The van der Waals surface area contributed by atoms with Crippen molar-refractivity contribution >= 4 is 34.0 Å². The van der Waals surface area contributed by atoms with Gasteiger partial charge in [0.2, 0.25) is 0 Å². The van der Waals surface area contributed by atoms with Crippen molar-refractivity contribution in [1.82, 2.24) is 5.43 Å². The SMILES string of the molecule is COc1cc(/C=N/NC(=O)COc2ccc(C)cc2Br)ccc1OC(C)=O. The number of carbonyl (C=O) groups is 2. The molecule has 27 heavy (non-hydrogen) atoms. The van der Waals surface area contributed by atoms with E-state index in [0.717, 1.165) is 10.0 Å². The zero-order chi connectivity index (χ0) is 19.8. The summed E-state index contributed by atoms with van der Waals surface area (Å²) in [4.78, 5) is 22.9. The minimum atomic E-state index is -0.442. The molecule has 0 saturated carbocycles. The standard InChI is InChI=1S/C19H19BrN2O5/c1-12-4-6-16(15(20)8-12)26-11-19(24)22-21-10-14-5-7-17(27-13(2)23)18(9-14)25-3/h4-10H,11H2,1-3H3,(H,22,24)/b21-10+. The highest BCUT2D eigenvalue weighted by atomic mass is 79.9. The summed E-state index contributed by atoms with van der Waals surface area (Å²) in [5.41, 5.74) is 4.12. The number of carbonyl (C=O) groups excluding carboxylic acids is 2. The van der Waals surface area contributed by atoms with Crippen molar-refractivity contribution < 1.29 is 23.8 Å². The van der Waals surface area contributed by atoms with Crippen LogP contribution in [0, 0.1) is 6.92 Å². The number of hydrogen-bond acceptors (Lipinski definition) is 6. The lowest BCUT2D eigenvalue weighted by atomic mass is 10.2. The van der Waals surface area contributed by atoms with Gasteiger partial charge in [0.15, 0.2) is 18.1 Å². The zero-order valence-electron chi connectivity index (χ0n) is 15.1. The number of methoxy groups -OCH3 is 1. The molecule has 8 heteroatoms. The van der Waals surface area contributed by atoms with Crippen molar-refractivity contribution in [3.8, 4) is 17.2 Å². The average Bonchev–Trinajstić information content (AvgIpc) is 2.61. The third-order valence-electron chi connectivity index (χ3n) is 3.29. The summed E-state index contributed by atoms with van der Waals surface area (Å²) in [6.45, 7) is 3.10. The highest BCUT2D eigenvalue weighted by Crippen LogP contribution is 2.27. The molecule has 0 fully saturated rings. The highest BCUT2D eigenvalue weighted by Gasteiger charge is 2.08. The topological polar surface area (TPSA) is 86.2 Å². The highest BCUT2D eigenvalue weighted by molar-refractivity contribution is 9.10. The Hall–Kier alpha value is -2.87. The van der Waals surface area contributed by atoms with E-state index in [2.05, 4.69) is 26.5 Å². The van der Waals surface area contributed by atoms with Crippen LogP contribution in [0.1, 0.15) is 18.1 Å². The lowest BCUT2D eigenvalue weighted by molar-refractivity contribution is -0.132. The van der Waals surface area contributed by atoms with Crippen LogP contribution in [-0.2, 0) is 9.59 Å². The molecule has 0 heterocycles. The van der Waals surface area contributed by atoms with Crippen molar-refractivity contribution in [1.29, 1.82) is 0 Å². The molecule has 0 aliphatic carbocycles. The largest absolute Gasteiger partial charge is 0.493 e. The minimum Gasteiger partial charge on any atom is -0.493 e. The number of ether oxygens (including phenoxy) is 3. The van der Waals surface area contributed by atoms with Crippen molar-refractivity contribution in [3.05, 3.63) is 52.0 Å². The first kappa shape index (κ1) is 20.4. The molecule has 0 spiro atoms. The Morgan fingerprint density at radius 3 is 2.56 bits per heavy atom. The normalized spacial score (nSPS) is 10.5. The van der Waals surface area contributed by atoms with Crippen LogP contribution in [0.4, 0.5) is 0 Å². The average molecular weight is 435 g/mol. The van der Waals surface area contributed by atoms with E-state index in [1.54, 1.807) is 24.3 Å². The molecule has 1 amide bonds. The predicted molar refractivity (Wildman–Crippen MR) is 104 cm³/mol. The summed E-state index contributed by atoms with van der Waals surface area (Å²) in [5, 5.41) is 3.88. The smallest absolute Gasteiger partial charge is 0.308 e. The first-order chi connectivity index (χ1) is 12.9. The molecule has 0 aromatic heterocycles. The second kappa shape index (κ2) is 9.72. The summed E-state index contributed by atoms with van der Waals surface area (Å²) in [6.07, 6.45) is 1.44. The van der Waals surface area contributed by atoms with Crippen molar-refractivity contribution in [3.63, 3.8) is 0 Å². The van der Waals surface area contributed by atoms with Crippen LogP contribution >= 0.6 is 15.9 Å². The second-order valence-electron chi connectivity index (χ2n) is 5.52. The van der Waals surface area contributed by atoms with Gasteiger partial charge in [-0.15, -0.1) is 0 Å². The number of esters is 1. The molecule has 0 aliphatic rings. The Labute approximate surface area is 165 Å². The van der Waals surface area contributed by atoms with Crippen LogP contribution in [0.15, 0.2) is 46.0 Å². The Morgan fingerprint density at radius 2 is 1.89 bits per heavy atom. The number of halogens is 1. The molecular formula is C19H19BrN2O5. The summed E-state index contributed by atoms with van der Waals surface area (Å²) >= 11 is 3.39. The van der Waals surface area contributed by atoms with Gasteiger partial charge in [-0.05, 0) is 64.3 Å². The van der Waals surface area contributed by atoms with Gasteiger partial charge >= 0.3 is 5.97 Å². The van der Waals surface area contributed by atoms with Gasteiger partial charge in [-0.1, -0.05) is 6.07 Å². The summed E-state index contributed by atoms with van der Waals surface area (Å²) < 4.78 is 16.4. The van der Waals surface area contributed by atoms with E-state index in [-0.39, 0.29) is 6.61 Å². The maximum atomic E-state index is 11.8. The summed E-state index contributed by atoms with van der Waals surface area (Å²) in [7, 11) is 1.46. The lowest BCUT2D eigenvalue weighted by Gasteiger charge is -2.08. The quantitative estimate of drug-likeness (QED) is 0.313. The molecule has 0 radical (unpaired) electrons. The van der Waals surface area contributed by atoms with Crippen molar-refractivity contribution in [2.45, 2.75) is 13.8 Å². The Morgan fingerprint density at radius 1 is 1.15 bits per heavy atom. The molecule has 0 bridgehead atoms. The van der Waals surface area contributed by atoms with Crippen LogP contribution < -0.4 is 19.6 Å². The first-order valence-electron chi connectivity index (χ1n) is 7.96. The van der Waals surface area contributed by atoms with Gasteiger partial charge in [0.05, 0.1) is 17.8 Å². The fourth-order valence-corrected chi connectivity index (χ4v) is 2.69. The molecule has 2 aromatic carbocycles. The number of amides is 1. The fraction of sp³-hybridized carbons (Fsp3) is 0.211. The molecule has 7 nitrogen and oxygen atoms in total. The van der Waals surface area contributed by atoms with Crippen molar-refractivity contribution in [2.24, 2.45) is 5.10 Å². The lowest BCUT2D eigenvalue weighted by Crippen LogP contribution is -2.24. The van der Waals surface area contributed by atoms with Crippen LogP contribution in [0.2, 0.25) is 0 Å². The number of rotatable bonds is 7. The first-order valence-corrected chi connectivity index (χ1v) is 8.75. The van der Waals surface area contributed by atoms with E-state index in [9.17, 15) is 9.59 Å². The van der Waals surface area contributed by atoms with Gasteiger partial charge < -0.3 is 14.2 Å². The monoisotopic (exact) mass is 434 g/mol. The Kier molecular flexibility index (Phi) is 7.36. The van der Waals surface area contributed by atoms with Crippen LogP contribution in [-0.4, -0.2) is 31.8 Å². The molecule has 1 N–H and O–H groups in total. The summed E-state index contributed by atoms with van der Waals surface area (Å²) in [5.74, 6) is 0.422. The maximum Gasteiger partial charge on any atom is 0.308 e. The van der Waals surface area contributed by atoms with Crippen LogP contribution in [0.5, 0.6) is 17.2 Å². The van der Waals surface area contributed by atoms with E-state index in [1.807, 2.05) is 19.1 Å². The van der Waals surface area contributed by atoms with Gasteiger partial charge in [-0.25, -0.2) is 5.43 Å². The fourth-order valence-electron chi connectivity index (χ4n) is 2.08. The summed E-state index contributed by atoms with van der Waals surface area (Å²) in [6, 6.07) is 10.5. The van der Waals surface area contributed by atoms with E-state index in [4.69, 9.17) is 14.2 Å². The second-order valence-corrected chi connectivity index (χ2v) is 6.37. The van der Waals surface area contributed by atoms with Gasteiger partial charge in [0.25, 0.3) is 5.91 Å². The molecule has 2 rings (SSSR count). The zero-order valence-corrected chi connectivity index (χ0v) is 16.7. The molecule has 0 atom stereocenters. The third-order valence-corrected chi connectivity index (χ3v) is 3.91. The van der Waals surface area contributed by atoms with Gasteiger partial charge in [0, 0.05) is 6.92 Å². The molecular weight excluding hydrogens is 416 g/mol. The molecule has 0 saturated heterocycles. The van der Waals surface area contributed by atoms with Crippen molar-refractivity contribution in [2.75, 3.05) is 13.7 Å². The van der Waals surface area contributed by atoms with Gasteiger partial charge in [-0.2, -0.15) is 5.10 Å². The maximum absolute atomic E-state index is 11.8. The molecule has 0 aliphatic heterocycles. The molecule has 142 valence electrons. The molecule has 0 unspecified atom stereocenters.